The van der Waals surface area contributed by atoms with E-state index < -0.39 is 0 Å². The van der Waals surface area contributed by atoms with Gasteiger partial charge in [-0.3, -0.25) is 4.79 Å². The van der Waals surface area contributed by atoms with Gasteiger partial charge in [0.05, 0.1) is 0 Å². The lowest BCUT2D eigenvalue weighted by atomic mass is 9.88. The topological polar surface area (TPSA) is 49.3 Å². The van der Waals surface area contributed by atoms with Crippen LogP contribution in [0.4, 0.5) is 0 Å². The number of fused-ring (bicyclic) bond motifs is 2. The van der Waals surface area contributed by atoms with Gasteiger partial charge in [-0.2, -0.15) is 0 Å². The number of nitrogens with one attached hydrogen (secondary N) is 1. The molecular formula is C14H23NO2. The van der Waals surface area contributed by atoms with E-state index in [1.54, 1.807) is 0 Å². The third-order valence-corrected chi connectivity index (χ3v) is 4.15. The monoisotopic (exact) mass is 237 g/mol. The highest BCUT2D eigenvalue weighted by Crippen LogP contribution is 2.43. The van der Waals surface area contributed by atoms with Crippen LogP contribution >= 0.6 is 0 Å². The average molecular weight is 237 g/mol. The first-order chi connectivity index (χ1) is 8.02. The predicted octanol–water partition coefficient (Wildman–Crippen LogP) is 1.72. The Morgan fingerprint density at radius 1 is 1.41 bits per heavy atom. The number of aliphatic hydroxyl groups is 1. The molecule has 1 saturated carbocycles. The zero-order valence-electron chi connectivity index (χ0n) is 10.8. The molecule has 0 aromatic carbocycles. The first-order valence-corrected chi connectivity index (χ1v) is 6.59. The molecule has 0 spiro atoms. The Labute approximate surface area is 103 Å². The Bertz CT molecular complexity index is 322. The summed E-state index contributed by atoms with van der Waals surface area (Å²) in [5.74, 6) is 1.50. The highest BCUT2D eigenvalue weighted by atomic mass is 16.3. The number of amides is 1. The van der Waals surface area contributed by atoms with E-state index in [1.165, 1.54) is 0 Å². The van der Waals surface area contributed by atoms with Crippen LogP contribution in [0.1, 0.15) is 33.1 Å². The standard InChI is InChI=1S/C14H23NO2/c1-14(2,5-6-16)9-15-13(17)12-8-10-3-4-11(12)7-10/h3-4,10-12,16H,5-9H2,1-2H3,(H,15,17). The minimum absolute atomic E-state index is 0.0160. The molecule has 0 aliphatic heterocycles. The molecule has 3 nitrogen and oxygen atoms in total. The zero-order valence-corrected chi connectivity index (χ0v) is 10.8. The molecule has 1 fully saturated rings. The van der Waals surface area contributed by atoms with Gasteiger partial charge in [-0.05, 0) is 36.5 Å². The maximum atomic E-state index is 12.1. The Kier molecular flexibility index (Phi) is 3.57. The number of allylic oxidation sites excluding steroid dienone is 2. The summed E-state index contributed by atoms with van der Waals surface area (Å²) in [4.78, 5) is 12.1. The van der Waals surface area contributed by atoms with Gasteiger partial charge >= 0.3 is 0 Å². The van der Waals surface area contributed by atoms with Crippen molar-refractivity contribution in [1.82, 2.24) is 5.32 Å². The van der Waals surface area contributed by atoms with Gasteiger partial charge in [-0.25, -0.2) is 0 Å². The molecule has 17 heavy (non-hydrogen) atoms. The molecule has 2 N–H and O–H groups in total. The molecule has 0 aromatic rings. The van der Waals surface area contributed by atoms with Crippen molar-refractivity contribution in [3.05, 3.63) is 12.2 Å². The van der Waals surface area contributed by atoms with Crippen molar-refractivity contribution in [3.63, 3.8) is 0 Å². The van der Waals surface area contributed by atoms with Crippen LogP contribution in [0.15, 0.2) is 12.2 Å². The molecule has 0 saturated heterocycles. The quantitative estimate of drug-likeness (QED) is 0.715. The largest absolute Gasteiger partial charge is 0.396 e. The van der Waals surface area contributed by atoms with E-state index in [-0.39, 0.29) is 23.8 Å². The van der Waals surface area contributed by atoms with Gasteiger partial charge in [0.25, 0.3) is 0 Å². The molecule has 2 rings (SSSR count). The van der Waals surface area contributed by atoms with Crippen molar-refractivity contribution < 1.29 is 9.90 Å². The second kappa shape index (κ2) is 4.81. The maximum Gasteiger partial charge on any atom is 0.223 e. The SMILES string of the molecule is CC(C)(CCO)CNC(=O)C1CC2C=CC1C2. The average Bonchev–Trinajstić information content (AvgIpc) is 2.87. The van der Waals surface area contributed by atoms with Crippen molar-refractivity contribution in [3.8, 4) is 0 Å². The first-order valence-electron chi connectivity index (χ1n) is 6.59. The normalized spacial score (nSPS) is 30.9. The fourth-order valence-corrected chi connectivity index (χ4v) is 2.93. The van der Waals surface area contributed by atoms with Gasteiger partial charge in [0.1, 0.15) is 0 Å². The molecule has 2 bridgehead atoms. The lowest BCUT2D eigenvalue weighted by Gasteiger charge is -2.26. The molecule has 3 heteroatoms. The third-order valence-electron chi connectivity index (χ3n) is 4.15. The Morgan fingerprint density at radius 3 is 2.71 bits per heavy atom. The van der Waals surface area contributed by atoms with E-state index in [0.717, 1.165) is 19.3 Å². The molecule has 0 radical (unpaired) electrons. The summed E-state index contributed by atoms with van der Waals surface area (Å²) in [7, 11) is 0. The van der Waals surface area contributed by atoms with Gasteiger partial charge in [0.15, 0.2) is 0 Å². The molecule has 2 aliphatic carbocycles. The van der Waals surface area contributed by atoms with Crippen LogP contribution in [-0.4, -0.2) is 24.2 Å². The molecule has 96 valence electrons. The minimum atomic E-state index is -0.0160. The number of aliphatic hydroxyl groups excluding tert-OH is 1. The van der Waals surface area contributed by atoms with Crippen molar-refractivity contribution in [2.24, 2.45) is 23.2 Å². The molecule has 1 amide bonds. The lowest BCUT2D eigenvalue weighted by Crippen LogP contribution is -2.39. The summed E-state index contributed by atoms with van der Waals surface area (Å²) in [6.45, 7) is 4.98. The Hall–Kier alpha value is -0.830. The molecule has 3 atom stereocenters. The summed E-state index contributed by atoms with van der Waals surface area (Å²) in [5.41, 5.74) is -0.0160. The van der Waals surface area contributed by atoms with Crippen LogP contribution in [0, 0.1) is 23.2 Å². The smallest absolute Gasteiger partial charge is 0.223 e. The number of hydrogen-bond acceptors (Lipinski definition) is 2. The second-order valence-corrected chi connectivity index (χ2v) is 6.24. The van der Waals surface area contributed by atoms with Gasteiger partial charge < -0.3 is 10.4 Å². The molecule has 3 unspecified atom stereocenters. The fourth-order valence-electron chi connectivity index (χ4n) is 2.93. The van der Waals surface area contributed by atoms with Crippen LogP contribution in [0.2, 0.25) is 0 Å². The second-order valence-electron chi connectivity index (χ2n) is 6.24. The van der Waals surface area contributed by atoms with Gasteiger partial charge in [0, 0.05) is 19.1 Å². The van der Waals surface area contributed by atoms with E-state index in [0.29, 0.717) is 18.4 Å². The van der Waals surface area contributed by atoms with Crippen molar-refractivity contribution in [2.75, 3.05) is 13.2 Å². The van der Waals surface area contributed by atoms with E-state index in [9.17, 15) is 4.79 Å². The van der Waals surface area contributed by atoms with E-state index >= 15 is 0 Å². The van der Waals surface area contributed by atoms with Crippen LogP contribution < -0.4 is 5.32 Å². The zero-order chi connectivity index (χ0) is 12.5. The number of carbonyl (C=O) groups is 1. The van der Waals surface area contributed by atoms with Crippen molar-refractivity contribution in [1.29, 1.82) is 0 Å². The van der Waals surface area contributed by atoms with Crippen molar-refractivity contribution in [2.45, 2.75) is 33.1 Å². The third kappa shape index (κ3) is 2.89. The summed E-state index contributed by atoms with van der Waals surface area (Å²) in [6, 6.07) is 0. The summed E-state index contributed by atoms with van der Waals surface area (Å²) in [6.07, 6.45) is 7.37. The van der Waals surface area contributed by atoms with Crippen LogP contribution in [0.25, 0.3) is 0 Å². The number of rotatable bonds is 5. The highest BCUT2D eigenvalue weighted by Gasteiger charge is 2.39. The minimum Gasteiger partial charge on any atom is -0.396 e. The maximum absolute atomic E-state index is 12.1. The molecule has 0 heterocycles. The van der Waals surface area contributed by atoms with E-state index in [2.05, 4.69) is 31.3 Å². The lowest BCUT2D eigenvalue weighted by molar-refractivity contribution is -0.126. The summed E-state index contributed by atoms with van der Waals surface area (Å²) < 4.78 is 0. The number of carbonyl (C=O) groups excluding carboxylic acids is 1. The van der Waals surface area contributed by atoms with Gasteiger partial charge in [-0.15, -0.1) is 0 Å². The van der Waals surface area contributed by atoms with E-state index in [4.69, 9.17) is 5.11 Å². The molecular weight excluding hydrogens is 214 g/mol. The molecule has 2 aliphatic rings. The van der Waals surface area contributed by atoms with Crippen LogP contribution in [0.3, 0.4) is 0 Å². The van der Waals surface area contributed by atoms with Gasteiger partial charge in [0.2, 0.25) is 5.91 Å². The van der Waals surface area contributed by atoms with Crippen molar-refractivity contribution >= 4 is 5.91 Å². The van der Waals surface area contributed by atoms with E-state index in [1.807, 2.05) is 0 Å². The molecule has 0 aromatic heterocycles. The van der Waals surface area contributed by atoms with Crippen LogP contribution in [0.5, 0.6) is 0 Å². The highest BCUT2D eigenvalue weighted by molar-refractivity contribution is 5.80. The Morgan fingerprint density at radius 2 is 2.18 bits per heavy atom. The summed E-state index contributed by atoms with van der Waals surface area (Å²) >= 11 is 0. The summed E-state index contributed by atoms with van der Waals surface area (Å²) in [5, 5.41) is 12.0. The Balaban J connectivity index is 1.80. The van der Waals surface area contributed by atoms with Crippen LogP contribution in [-0.2, 0) is 4.79 Å². The fraction of sp³-hybridized carbons (Fsp3) is 0.786. The first kappa shape index (κ1) is 12.6. The number of hydrogen-bond donors (Lipinski definition) is 2. The van der Waals surface area contributed by atoms with Gasteiger partial charge in [-0.1, -0.05) is 26.0 Å². The predicted molar refractivity (Wildman–Crippen MR) is 67.3 cm³/mol.